The summed E-state index contributed by atoms with van der Waals surface area (Å²) in [6, 6.07) is 5.70. The van der Waals surface area contributed by atoms with Gasteiger partial charge in [-0.2, -0.15) is 0 Å². The number of hydrogen-bond donors (Lipinski definition) is 2. The number of nitrogens with one attached hydrogen (secondary N) is 1. The SMILES string of the molecule is COc1ccc(C)cc1C(C)NC(=O)CC(C)N.Cl. The first kappa shape index (κ1) is 17.7. The summed E-state index contributed by atoms with van der Waals surface area (Å²) in [5.74, 6) is 0.746. The van der Waals surface area contributed by atoms with E-state index in [2.05, 4.69) is 5.32 Å². The van der Waals surface area contributed by atoms with Gasteiger partial charge in [-0.1, -0.05) is 17.7 Å². The number of nitrogens with two attached hydrogens (primary N) is 1. The Kier molecular flexibility index (Phi) is 7.49. The van der Waals surface area contributed by atoms with E-state index in [4.69, 9.17) is 10.5 Å². The highest BCUT2D eigenvalue weighted by molar-refractivity contribution is 5.85. The maximum atomic E-state index is 11.7. The largest absolute Gasteiger partial charge is 0.496 e. The molecule has 0 aliphatic heterocycles. The molecular weight excluding hydrogens is 264 g/mol. The van der Waals surface area contributed by atoms with Gasteiger partial charge in [0.25, 0.3) is 0 Å². The van der Waals surface area contributed by atoms with Gasteiger partial charge in [-0.3, -0.25) is 4.79 Å². The summed E-state index contributed by atoms with van der Waals surface area (Å²) in [5, 5.41) is 2.93. The van der Waals surface area contributed by atoms with Crippen LogP contribution in [0.4, 0.5) is 0 Å². The van der Waals surface area contributed by atoms with Gasteiger partial charge in [-0.05, 0) is 26.8 Å². The van der Waals surface area contributed by atoms with Crippen molar-refractivity contribution in [2.75, 3.05) is 7.11 Å². The zero-order valence-corrected chi connectivity index (χ0v) is 12.7. The second-order valence-corrected chi connectivity index (χ2v) is 4.72. The number of carbonyl (C=O) groups excluding carboxylic acids is 1. The Balaban J connectivity index is 0.00000324. The predicted octanol–water partition coefficient (Wildman–Crippen LogP) is 2.34. The molecule has 0 fully saturated rings. The molecule has 0 saturated carbocycles. The standard InChI is InChI=1S/C14H22N2O2.ClH/c1-9-5-6-13(18-4)12(7-9)11(3)16-14(17)8-10(2)15;/h5-7,10-11H,8,15H2,1-4H3,(H,16,17);1H. The van der Waals surface area contributed by atoms with Crippen molar-refractivity contribution in [2.24, 2.45) is 5.73 Å². The summed E-state index contributed by atoms with van der Waals surface area (Å²) < 4.78 is 5.31. The molecule has 0 spiro atoms. The van der Waals surface area contributed by atoms with E-state index < -0.39 is 0 Å². The molecule has 0 bridgehead atoms. The average Bonchev–Trinajstić information content (AvgIpc) is 2.27. The van der Waals surface area contributed by atoms with Crippen LogP contribution in [-0.2, 0) is 4.79 Å². The Bertz CT molecular complexity index is 422. The summed E-state index contributed by atoms with van der Waals surface area (Å²) in [6.07, 6.45) is 0.332. The Hall–Kier alpha value is -1.26. The van der Waals surface area contributed by atoms with Crippen molar-refractivity contribution in [3.05, 3.63) is 29.3 Å². The van der Waals surface area contributed by atoms with Crippen LogP contribution in [0, 0.1) is 6.92 Å². The number of benzene rings is 1. The second-order valence-electron chi connectivity index (χ2n) is 4.72. The lowest BCUT2D eigenvalue weighted by Gasteiger charge is -2.18. The van der Waals surface area contributed by atoms with Crippen LogP contribution in [0.15, 0.2) is 18.2 Å². The normalized spacial score (nSPS) is 13.1. The molecule has 0 aliphatic rings. The summed E-state index contributed by atoms with van der Waals surface area (Å²) in [6.45, 7) is 5.77. The summed E-state index contributed by atoms with van der Waals surface area (Å²) >= 11 is 0. The minimum absolute atomic E-state index is 0. The topological polar surface area (TPSA) is 64.3 Å². The summed E-state index contributed by atoms with van der Waals surface area (Å²) in [7, 11) is 1.63. The van der Waals surface area contributed by atoms with Gasteiger partial charge in [0.2, 0.25) is 5.91 Å². The lowest BCUT2D eigenvalue weighted by atomic mass is 10.0. The molecular formula is C14H23ClN2O2. The van der Waals surface area contributed by atoms with Crippen LogP contribution in [0.5, 0.6) is 5.75 Å². The molecule has 1 amide bonds. The van der Waals surface area contributed by atoms with Gasteiger partial charge < -0.3 is 15.8 Å². The van der Waals surface area contributed by atoms with Crippen molar-refractivity contribution < 1.29 is 9.53 Å². The van der Waals surface area contributed by atoms with Crippen molar-refractivity contribution in [2.45, 2.75) is 39.3 Å². The zero-order chi connectivity index (χ0) is 13.7. The Morgan fingerprint density at radius 1 is 1.42 bits per heavy atom. The van der Waals surface area contributed by atoms with Crippen LogP contribution in [0.2, 0.25) is 0 Å². The number of rotatable bonds is 5. The number of methoxy groups -OCH3 is 1. The third-order valence-corrected chi connectivity index (χ3v) is 2.74. The predicted molar refractivity (Wildman–Crippen MR) is 79.8 cm³/mol. The number of ether oxygens (including phenoxy) is 1. The van der Waals surface area contributed by atoms with Gasteiger partial charge in [0, 0.05) is 18.0 Å². The first-order valence-electron chi connectivity index (χ1n) is 6.13. The van der Waals surface area contributed by atoms with Crippen molar-refractivity contribution in [1.29, 1.82) is 0 Å². The van der Waals surface area contributed by atoms with E-state index in [0.29, 0.717) is 6.42 Å². The third kappa shape index (κ3) is 5.49. The molecule has 0 radical (unpaired) electrons. The van der Waals surface area contributed by atoms with Crippen molar-refractivity contribution in [1.82, 2.24) is 5.32 Å². The second kappa shape index (κ2) is 8.02. The van der Waals surface area contributed by atoms with Gasteiger partial charge >= 0.3 is 0 Å². The fourth-order valence-electron chi connectivity index (χ4n) is 1.86. The van der Waals surface area contributed by atoms with Crippen LogP contribution >= 0.6 is 12.4 Å². The maximum Gasteiger partial charge on any atom is 0.222 e. The molecule has 0 heterocycles. The molecule has 1 aromatic rings. The number of amides is 1. The van der Waals surface area contributed by atoms with E-state index >= 15 is 0 Å². The minimum atomic E-state index is -0.128. The first-order valence-corrected chi connectivity index (χ1v) is 6.13. The van der Waals surface area contributed by atoms with Crippen LogP contribution in [-0.4, -0.2) is 19.1 Å². The van der Waals surface area contributed by atoms with E-state index in [9.17, 15) is 4.79 Å². The highest BCUT2D eigenvalue weighted by Crippen LogP contribution is 2.26. The molecule has 2 atom stereocenters. The average molecular weight is 287 g/mol. The lowest BCUT2D eigenvalue weighted by molar-refractivity contribution is -0.122. The molecule has 19 heavy (non-hydrogen) atoms. The van der Waals surface area contributed by atoms with Crippen LogP contribution in [0.25, 0.3) is 0 Å². The molecule has 0 aliphatic carbocycles. The number of aryl methyl sites for hydroxylation is 1. The Morgan fingerprint density at radius 2 is 2.05 bits per heavy atom. The van der Waals surface area contributed by atoms with E-state index in [0.717, 1.165) is 16.9 Å². The summed E-state index contributed by atoms with van der Waals surface area (Å²) in [4.78, 5) is 11.7. The fourth-order valence-corrected chi connectivity index (χ4v) is 1.86. The van der Waals surface area contributed by atoms with Crippen LogP contribution < -0.4 is 15.8 Å². The molecule has 1 rings (SSSR count). The quantitative estimate of drug-likeness (QED) is 0.873. The third-order valence-electron chi connectivity index (χ3n) is 2.74. The Morgan fingerprint density at radius 3 is 2.58 bits per heavy atom. The number of hydrogen-bond acceptors (Lipinski definition) is 3. The van der Waals surface area contributed by atoms with E-state index in [1.807, 2.05) is 39.0 Å². The van der Waals surface area contributed by atoms with Crippen LogP contribution in [0.1, 0.15) is 37.4 Å². The first-order chi connectivity index (χ1) is 8.43. The molecule has 0 aromatic heterocycles. The monoisotopic (exact) mass is 286 g/mol. The zero-order valence-electron chi connectivity index (χ0n) is 11.9. The van der Waals surface area contributed by atoms with Gasteiger partial charge in [0.15, 0.2) is 0 Å². The molecule has 4 nitrogen and oxygen atoms in total. The molecule has 108 valence electrons. The minimum Gasteiger partial charge on any atom is -0.496 e. The van der Waals surface area contributed by atoms with Crippen LogP contribution in [0.3, 0.4) is 0 Å². The maximum absolute atomic E-state index is 11.7. The smallest absolute Gasteiger partial charge is 0.222 e. The van der Waals surface area contributed by atoms with Gasteiger partial charge in [0.1, 0.15) is 5.75 Å². The van der Waals surface area contributed by atoms with E-state index in [1.165, 1.54) is 0 Å². The molecule has 3 N–H and O–H groups in total. The molecule has 5 heteroatoms. The van der Waals surface area contributed by atoms with Crippen molar-refractivity contribution in [3.8, 4) is 5.75 Å². The molecule has 2 unspecified atom stereocenters. The highest BCUT2D eigenvalue weighted by atomic mass is 35.5. The van der Waals surface area contributed by atoms with Crippen molar-refractivity contribution in [3.63, 3.8) is 0 Å². The summed E-state index contributed by atoms with van der Waals surface area (Å²) in [5.41, 5.74) is 7.72. The van der Waals surface area contributed by atoms with Crippen molar-refractivity contribution >= 4 is 18.3 Å². The highest BCUT2D eigenvalue weighted by Gasteiger charge is 2.14. The fraction of sp³-hybridized carbons (Fsp3) is 0.500. The van der Waals surface area contributed by atoms with Gasteiger partial charge in [-0.15, -0.1) is 12.4 Å². The van der Waals surface area contributed by atoms with E-state index in [1.54, 1.807) is 7.11 Å². The molecule has 1 aromatic carbocycles. The van der Waals surface area contributed by atoms with Gasteiger partial charge in [-0.25, -0.2) is 0 Å². The number of carbonyl (C=O) groups is 1. The number of halogens is 1. The molecule has 0 saturated heterocycles. The Labute approximate surface area is 121 Å². The van der Waals surface area contributed by atoms with Gasteiger partial charge in [0.05, 0.1) is 13.2 Å². The van der Waals surface area contributed by atoms with E-state index in [-0.39, 0.29) is 30.4 Å². The lowest BCUT2D eigenvalue weighted by Crippen LogP contribution is -2.31.